The van der Waals surface area contributed by atoms with Crippen molar-refractivity contribution in [2.24, 2.45) is 0 Å². The highest BCUT2D eigenvalue weighted by atomic mass is 16.2. The molecule has 1 aromatic rings. The monoisotopic (exact) mass is 345 g/mol. The molecule has 2 unspecified atom stereocenters. The van der Waals surface area contributed by atoms with Crippen LogP contribution in [0, 0.1) is 0 Å². The molecule has 2 atom stereocenters. The molecule has 1 aromatic carbocycles. The third-order valence-electron chi connectivity index (χ3n) is 4.99. The highest BCUT2D eigenvalue weighted by Crippen LogP contribution is 2.22. The number of nitrogens with one attached hydrogen (secondary N) is 2. The van der Waals surface area contributed by atoms with Crippen molar-refractivity contribution >= 4 is 11.8 Å². The Balaban J connectivity index is 1.83. The molecule has 2 rings (SSSR count). The molecule has 5 nitrogen and oxygen atoms in total. The van der Waals surface area contributed by atoms with Crippen LogP contribution in [-0.2, 0) is 10.2 Å². The van der Waals surface area contributed by atoms with Gasteiger partial charge in [-0.3, -0.25) is 9.59 Å². The Bertz CT molecular complexity index is 604. The van der Waals surface area contributed by atoms with Gasteiger partial charge in [0, 0.05) is 43.7 Å². The van der Waals surface area contributed by atoms with Gasteiger partial charge in [-0.25, -0.2) is 0 Å². The van der Waals surface area contributed by atoms with Gasteiger partial charge in [-0.15, -0.1) is 0 Å². The summed E-state index contributed by atoms with van der Waals surface area (Å²) in [5.74, 6) is -0.0285. The van der Waals surface area contributed by atoms with E-state index >= 15 is 0 Å². The number of piperazine rings is 1. The molecule has 0 aliphatic carbocycles. The molecule has 0 saturated carbocycles. The molecule has 2 N–H and O–H groups in total. The van der Waals surface area contributed by atoms with Crippen molar-refractivity contribution in [2.75, 3.05) is 19.6 Å². The zero-order chi connectivity index (χ0) is 18.6. The van der Waals surface area contributed by atoms with Crippen LogP contribution in [0.5, 0.6) is 0 Å². The Hall–Kier alpha value is -1.88. The minimum Gasteiger partial charge on any atom is -0.352 e. The number of nitrogens with zero attached hydrogens (tertiary/aromatic N) is 1. The fourth-order valence-electron chi connectivity index (χ4n) is 3.06. The van der Waals surface area contributed by atoms with Gasteiger partial charge in [-0.2, -0.15) is 0 Å². The van der Waals surface area contributed by atoms with Gasteiger partial charge in [-0.1, -0.05) is 32.9 Å². The van der Waals surface area contributed by atoms with E-state index in [0.717, 1.165) is 13.1 Å². The molecule has 25 heavy (non-hydrogen) atoms. The Morgan fingerprint density at radius 2 is 1.84 bits per heavy atom. The molecule has 1 heterocycles. The average molecular weight is 345 g/mol. The highest BCUT2D eigenvalue weighted by molar-refractivity contribution is 5.94. The zero-order valence-corrected chi connectivity index (χ0v) is 16.1. The molecule has 0 aromatic heterocycles. The summed E-state index contributed by atoms with van der Waals surface area (Å²) in [6.07, 6.45) is 0.336. The van der Waals surface area contributed by atoms with Crippen molar-refractivity contribution < 1.29 is 9.59 Å². The summed E-state index contributed by atoms with van der Waals surface area (Å²) in [6.45, 7) is 12.5. The molecule has 0 radical (unpaired) electrons. The fourth-order valence-corrected chi connectivity index (χ4v) is 3.06. The van der Waals surface area contributed by atoms with Crippen LogP contribution in [0.3, 0.4) is 0 Å². The molecular formula is C20H31N3O2. The van der Waals surface area contributed by atoms with Crippen LogP contribution < -0.4 is 10.6 Å². The molecule has 2 amide bonds. The lowest BCUT2D eigenvalue weighted by atomic mass is 9.87. The molecule has 138 valence electrons. The predicted molar refractivity (Wildman–Crippen MR) is 101 cm³/mol. The Kier molecular flexibility index (Phi) is 6.22. The maximum absolute atomic E-state index is 12.4. The van der Waals surface area contributed by atoms with Gasteiger partial charge >= 0.3 is 0 Å². The van der Waals surface area contributed by atoms with Crippen molar-refractivity contribution in [2.45, 2.75) is 58.5 Å². The average Bonchev–Trinajstić information content (AvgIpc) is 2.56. The molecule has 1 aliphatic heterocycles. The largest absolute Gasteiger partial charge is 0.352 e. The van der Waals surface area contributed by atoms with E-state index in [1.54, 1.807) is 0 Å². The van der Waals surface area contributed by atoms with Gasteiger partial charge in [-0.05, 0) is 37.0 Å². The number of benzene rings is 1. The first-order valence-corrected chi connectivity index (χ1v) is 9.12. The first kappa shape index (κ1) is 19.4. The van der Waals surface area contributed by atoms with Crippen molar-refractivity contribution in [3.8, 4) is 0 Å². The standard InChI is InChI=1S/C20H31N3O2/c1-14-15(2)23(13-12-21-14)18(24)10-11-22-19(25)16-6-8-17(9-7-16)20(3,4)5/h6-9,14-15,21H,10-13H2,1-5H3,(H,22,25). The van der Waals surface area contributed by atoms with Gasteiger partial charge in [0.05, 0.1) is 0 Å². The van der Waals surface area contributed by atoms with E-state index in [0.29, 0.717) is 24.6 Å². The van der Waals surface area contributed by atoms with Crippen molar-refractivity contribution in [3.05, 3.63) is 35.4 Å². The maximum Gasteiger partial charge on any atom is 0.251 e. The first-order chi connectivity index (χ1) is 11.7. The molecule has 1 saturated heterocycles. The van der Waals surface area contributed by atoms with E-state index in [1.807, 2.05) is 29.2 Å². The van der Waals surface area contributed by atoms with E-state index in [9.17, 15) is 9.59 Å². The lowest BCUT2D eigenvalue weighted by Gasteiger charge is -2.38. The number of carbonyl (C=O) groups excluding carboxylic acids is 2. The lowest BCUT2D eigenvalue weighted by Crippen LogP contribution is -2.57. The third-order valence-corrected chi connectivity index (χ3v) is 4.99. The Labute approximate surface area is 151 Å². The van der Waals surface area contributed by atoms with Crippen LogP contribution in [0.1, 0.15) is 57.0 Å². The molecular weight excluding hydrogens is 314 g/mol. The van der Waals surface area contributed by atoms with Crippen LogP contribution in [-0.4, -0.2) is 48.4 Å². The Morgan fingerprint density at radius 1 is 1.20 bits per heavy atom. The second kappa shape index (κ2) is 8.00. The smallest absolute Gasteiger partial charge is 0.251 e. The zero-order valence-electron chi connectivity index (χ0n) is 16.1. The van der Waals surface area contributed by atoms with E-state index in [4.69, 9.17) is 0 Å². The van der Waals surface area contributed by atoms with Crippen LogP contribution in [0.4, 0.5) is 0 Å². The van der Waals surface area contributed by atoms with Gasteiger partial charge < -0.3 is 15.5 Å². The molecule has 0 bridgehead atoms. The summed E-state index contributed by atoms with van der Waals surface area (Å²) >= 11 is 0. The number of amides is 2. The second-order valence-corrected chi connectivity index (χ2v) is 7.90. The third kappa shape index (κ3) is 5.05. The van der Waals surface area contributed by atoms with E-state index in [2.05, 4.69) is 45.3 Å². The normalized spacial score (nSPS) is 21.1. The van der Waals surface area contributed by atoms with E-state index in [1.165, 1.54) is 5.56 Å². The van der Waals surface area contributed by atoms with Gasteiger partial charge in [0.15, 0.2) is 0 Å². The minimum absolute atomic E-state index is 0.0680. The van der Waals surface area contributed by atoms with Crippen LogP contribution in [0.25, 0.3) is 0 Å². The SMILES string of the molecule is CC1NCCN(C(=O)CCNC(=O)c2ccc(C(C)(C)C)cc2)C1C. The second-order valence-electron chi connectivity index (χ2n) is 7.90. The molecule has 5 heteroatoms. The summed E-state index contributed by atoms with van der Waals surface area (Å²) in [5, 5.41) is 6.21. The quantitative estimate of drug-likeness (QED) is 0.880. The van der Waals surface area contributed by atoms with E-state index < -0.39 is 0 Å². The molecule has 1 fully saturated rings. The predicted octanol–water partition coefficient (Wildman–Crippen LogP) is 2.31. The first-order valence-electron chi connectivity index (χ1n) is 9.12. The molecule has 1 aliphatic rings. The fraction of sp³-hybridized carbons (Fsp3) is 0.600. The van der Waals surface area contributed by atoms with Crippen molar-refractivity contribution in [3.63, 3.8) is 0 Å². The van der Waals surface area contributed by atoms with Gasteiger partial charge in [0.1, 0.15) is 0 Å². The van der Waals surface area contributed by atoms with Crippen molar-refractivity contribution in [1.82, 2.24) is 15.5 Å². The number of hydrogen-bond donors (Lipinski definition) is 2. The topological polar surface area (TPSA) is 61.4 Å². The highest BCUT2D eigenvalue weighted by Gasteiger charge is 2.27. The lowest BCUT2D eigenvalue weighted by molar-refractivity contribution is -0.134. The maximum atomic E-state index is 12.4. The number of rotatable bonds is 4. The van der Waals surface area contributed by atoms with Gasteiger partial charge in [0.2, 0.25) is 5.91 Å². The summed E-state index contributed by atoms with van der Waals surface area (Å²) < 4.78 is 0. The van der Waals surface area contributed by atoms with Crippen LogP contribution in [0.15, 0.2) is 24.3 Å². The number of hydrogen-bond acceptors (Lipinski definition) is 3. The number of carbonyl (C=O) groups is 2. The van der Waals surface area contributed by atoms with E-state index in [-0.39, 0.29) is 23.3 Å². The summed E-state index contributed by atoms with van der Waals surface area (Å²) in [7, 11) is 0. The van der Waals surface area contributed by atoms with Crippen LogP contribution >= 0.6 is 0 Å². The van der Waals surface area contributed by atoms with Gasteiger partial charge in [0.25, 0.3) is 5.91 Å². The molecule has 0 spiro atoms. The summed E-state index contributed by atoms with van der Waals surface area (Å²) in [5.41, 5.74) is 1.89. The minimum atomic E-state index is -0.130. The summed E-state index contributed by atoms with van der Waals surface area (Å²) in [4.78, 5) is 26.5. The van der Waals surface area contributed by atoms with Crippen molar-refractivity contribution in [1.29, 1.82) is 0 Å². The summed E-state index contributed by atoms with van der Waals surface area (Å²) in [6, 6.07) is 8.15. The Morgan fingerprint density at radius 3 is 2.44 bits per heavy atom. The van der Waals surface area contributed by atoms with Crippen LogP contribution in [0.2, 0.25) is 0 Å².